The first-order valence-corrected chi connectivity index (χ1v) is 7.04. The first-order valence-electron chi connectivity index (χ1n) is 6.66. The maximum absolute atomic E-state index is 12.4. The zero-order valence-electron chi connectivity index (χ0n) is 11.2. The van der Waals surface area contributed by atoms with Crippen molar-refractivity contribution in [1.29, 1.82) is 0 Å². The van der Waals surface area contributed by atoms with Crippen molar-refractivity contribution in [1.82, 2.24) is 10.2 Å². The molecule has 112 valence electrons. The first kappa shape index (κ1) is 14.3. The van der Waals surface area contributed by atoms with Crippen molar-refractivity contribution in [3.8, 4) is 0 Å². The minimum absolute atomic E-state index is 0.0441. The maximum Gasteiger partial charge on any atom is 0.315 e. The van der Waals surface area contributed by atoms with E-state index < -0.39 is 12.3 Å². The lowest BCUT2D eigenvalue weighted by atomic mass is 9.96. The van der Waals surface area contributed by atoms with Crippen molar-refractivity contribution in [2.75, 3.05) is 11.9 Å². The van der Waals surface area contributed by atoms with Gasteiger partial charge in [-0.2, -0.15) is 8.78 Å². The Bertz CT molecular complexity index is 628. The van der Waals surface area contributed by atoms with Gasteiger partial charge in [-0.1, -0.05) is 28.8 Å². The second-order valence-electron chi connectivity index (χ2n) is 5.41. The van der Waals surface area contributed by atoms with Crippen LogP contribution >= 0.6 is 11.6 Å². The number of benzene rings is 1. The second kappa shape index (κ2) is 5.60. The van der Waals surface area contributed by atoms with E-state index in [4.69, 9.17) is 16.0 Å². The molecule has 7 heteroatoms. The summed E-state index contributed by atoms with van der Waals surface area (Å²) in [5.41, 5.74) is 1.28. The van der Waals surface area contributed by atoms with Gasteiger partial charge in [-0.05, 0) is 42.4 Å². The molecule has 2 aromatic rings. The third kappa shape index (κ3) is 3.50. The van der Waals surface area contributed by atoms with Crippen LogP contribution in [0, 0.1) is 5.41 Å². The van der Waals surface area contributed by atoms with Gasteiger partial charge in [0.15, 0.2) is 0 Å². The minimum atomic E-state index is -2.74. The van der Waals surface area contributed by atoms with Gasteiger partial charge in [0.05, 0.1) is 0 Å². The summed E-state index contributed by atoms with van der Waals surface area (Å²) in [6, 6.07) is 7.79. The zero-order chi connectivity index (χ0) is 14.9. The Kier molecular flexibility index (Phi) is 3.80. The monoisotopic (exact) mass is 313 g/mol. The second-order valence-corrected chi connectivity index (χ2v) is 5.84. The maximum atomic E-state index is 12.4. The molecule has 0 saturated heterocycles. The Balaban J connectivity index is 1.59. The predicted molar refractivity (Wildman–Crippen MR) is 74.6 cm³/mol. The van der Waals surface area contributed by atoms with Gasteiger partial charge in [-0.15, -0.1) is 5.10 Å². The summed E-state index contributed by atoms with van der Waals surface area (Å²) in [5, 5.41) is 10.5. The molecule has 1 aromatic heterocycles. The Hall–Kier alpha value is -1.69. The van der Waals surface area contributed by atoms with Gasteiger partial charge >= 0.3 is 12.4 Å². The van der Waals surface area contributed by atoms with Gasteiger partial charge < -0.3 is 9.73 Å². The molecule has 1 aromatic carbocycles. The normalized spacial score (nSPS) is 16.2. The van der Waals surface area contributed by atoms with Crippen LogP contribution in [0.1, 0.15) is 30.7 Å². The number of halogens is 3. The highest BCUT2D eigenvalue weighted by atomic mass is 35.5. The number of aromatic nitrogens is 2. The Labute approximate surface area is 125 Å². The van der Waals surface area contributed by atoms with Crippen LogP contribution in [0.25, 0.3) is 0 Å². The number of nitrogens with zero attached hydrogens (tertiary/aromatic N) is 2. The quantitative estimate of drug-likeness (QED) is 0.872. The Morgan fingerprint density at radius 2 is 2.14 bits per heavy atom. The molecular weight excluding hydrogens is 300 g/mol. The number of hydrogen-bond donors (Lipinski definition) is 1. The average Bonchev–Trinajstić information content (AvgIpc) is 3.02. The fraction of sp³-hybridized carbons (Fsp3) is 0.429. The van der Waals surface area contributed by atoms with E-state index >= 15 is 0 Å². The van der Waals surface area contributed by atoms with Crippen LogP contribution in [-0.2, 0) is 6.42 Å². The molecule has 0 amide bonds. The molecule has 1 aliphatic rings. The molecule has 1 heterocycles. The van der Waals surface area contributed by atoms with Crippen LogP contribution in [0.3, 0.4) is 0 Å². The van der Waals surface area contributed by atoms with E-state index in [2.05, 4.69) is 15.5 Å². The highest BCUT2D eigenvalue weighted by molar-refractivity contribution is 6.30. The van der Waals surface area contributed by atoms with E-state index in [9.17, 15) is 8.78 Å². The van der Waals surface area contributed by atoms with Gasteiger partial charge in [-0.3, -0.25) is 0 Å². The highest BCUT2D eigenvalue weighted by Crippen LogP contribution is 2.48. The fourth-order valence-corrected chi connectivity index (χ4v) is 2.54. The number of hydrogen-bond acceptors (Lipinski definition) is 4. The van der Waals surface area contributed by atoms with Gasteiger partial charge in [0.1, 0.15) is 0 Å². The first-order chi connectivity index (χ1) is 10.1. The van der Waals surface area contributed by atoms with E-state index in [0.717, 1.165) is 24.3 Å². The van der Waals surface area contributed by atoms with Crippen LogP contribution in [0.5, 0.6) is 0 Å². The molecule has 1 aliphatic carbocycles. The molecule has 1 saturated carbocycles. The summed E-state index contributed by atoms with van der Waals surface area (Å²) < 4.78 is 29.5. The molecule has 1 fully saturated rings. The Morgan fingerprint density at radius 1 is 1.33 bits per heavy atom. The molecule has 1 N–H and O–H groups in total. The van der Waals surface area contributed by atoms with Crippen molar-refractivity contribution in [3.63, 3.8) is 0 Å². The van der Waals surface area contributed by atoms with E-state index in [-0.39, 0.29) is 11.4 Å². The third-order valence-corrected chi connectivity index (χ3v) is 3.90. The molecule has 0 bridgehead atoms. The van der Waals surface area contributed by atoms with E-state index in [1.165, 1.54) is 5.56 Å². The smallest absolute Gasteiger partial charge is 0.315 e. The van der Waals surface area contributed by atoms with E-state index in [1.54, 1.807) is 0 Å². The number of nitrogens with one attached hydrogen (secondary N) is 1. The summed E-state index contributed by atoms with van der Waals surface area (Å²) in [6.45, 7) is 0.615. The van der Waals surface area contributed by atoms with Crippen LogP contribution in [0.4, 0.5) is 14.8 Å². The average molecular weight is 314 g/mol. The molecule has 0 aliphatic heterocycles. The summed E-state index contributed by atoms with van der Waals surface area (Å²) in [5.74, 6) is -0.655. The topological polar surface area (TPSA) is 51.0 Å². The lowest BCUT2D eigenvalue weighted by Crippen LogP contribution is -2.18. The molecule has 0 atom stereocenters. The SMILES string of the molecule is FC(F)c1nnc(NCC2(Cc3cccc(Cl)c3)CC2)o1. The summed E-state index contributed by atoms with van der Waals surface area (Å²) in [6.07, 6.45) is 0.288. The lowest BCUT2D eigenvalue weighted by molar-refractivity contribution is 0.116. The minimum Gasteiger partial charge on any atom is -0.402 e. The summed E-state index contributed by atoms with van der Waals surface area (Å²) in [4.78, 5) is 0. The number of rotatable bonds is 6. The number of alkyl halides is 2. The van der Waals surface area contributed by atoms with Crippen LogP contribution < -0.4 is 5.32 Å². The highest BCUT2D eigenvalue weighted by Gasteiger charge is 2.42. The van der Waals surface area contributed by atoms with Gasteiger partial charge in [0.25, 0.3) is 5.89 Å². The van der Waals surface area contributed by atoms with Crippen LogP contribution in [0.15, 0.2) is 28.7 Å². The van der Waals surface area contributed by atoms with Gasteiger partial charge in [-0.25, -0.2) is 0 Å². The van der Waals surface area contributed by atoms with Crippen molar-refractivity contribution in [2.24, 2.45) is 5.41 Å². The molecule has 3 rings (SSSR count). The van der Waals surface area contributed by atoms with E-state index in [0.29, 0.717) is 6.54 Å². The predicted octanol–water partition coefficient (Wildman–Crippen LogP) is 4.10. The zero-order valence-corrected chi connectivity index (χ0v) is 11.9. The van der Waals surface area contributed by atoms with Crippen LogP contribution in [-0.4, -0.2) is 16.7 Å². The summed E-state index contributed by atoms with van der Waals surface area (Å²) >= 11 is 5.98. The van der Waals surface area contributed by atoms with E-state index in [1.807, 2.05) is 24.3 Å². The third-order valence-electron chi connectivity index (χ3n) is 3.67. The van der Waals surface area contributed by atoms with Gasteiger partial charge in [0, 0.05) is 11.6 Å². The van der Waals surface area contributed by atoms with Crippen molar-refractivity contribution >= 4 is 17.6 Å². The lowest BCUT2D eigenvalue weighted by Gasteiger charge is -2.15. The molecular formula is C14H14ClF2N3O. The molecule has 0 unspecified atom stereocenters. The molecule has 4 nitrogen and oxygen atoms in total. The number of anilines is 1. The fourth-order valence-electron chi connectivity index (χ4n) is 2.33. The molecule has 21 heavy (non-hydrogen) atoms. The summed E-state index contributed by atoms with van der Waals surface area (Å²) in [7, 11) is 0. The largest absolute Gasteiger partial charge is 0.402 e. The van der Waals surface area contributed by atoms with Crippen molar-refractivity contribution in [2.45, 2.75) is 25.7 Å². The standard InChI is InChI=1S/C14H14ClF2N3O/c15-10-3-1-2-9(6-10)7-14(4-5-14)8-18-13-20-19-12(21-13)11(16)17/h1-3,6,11H,4-5,7-8H2,(H,18,20). The van der Waals surface area contributed by atoms with Crippen molar-refractivity contribution < 1.29 is 13.2 Å². The molecule has 0 radical (unpaired) electrons. The Morgan fingerprint density at radius 3 is 2.76 bits per heavy atom. The van der Waals surface area contributed by atoms with Gasteiger partial charge in [0.2, 0.25) is 0 Å². The molecule has 0 spiro atoms. The van der Waals surface area contributed by atoms with Crippen molar-refractivity contribution in [3.05, 3.63) is 40.7 Å². The van der Waals surface area contributed by atoms with Crippen LogP contribution in [0.2, 0.25) is 5.02 Å².